The van der Waals surface area contributed by atoms with Gasteiger partial charge >= 0.3 is 6.09 Å². The zero-order valence-electron chi connectivity index (χ0n) is 16.9. The maximum Gasteiger partial charge on any atom is 0.415 e. The molecule has 2 aromatic carbocycles. The topological polar surface area (TPSA) is 49.9 Å². The zero-order chi connectivity index (χ0) is 21.0. The molecule has 148 valence electrons. The summed E-state index contributed by atoms with van der Waals surface area (Å²) in [6.45, 7) is 6.14. The first-order valence-electron chi connectivity index (χ1n) is 9.03. The number of hydrogen-bond acceptors (Lipinski definition) is 3. The number of benzene rings is 2. The molecule has 0 aliphatic heterocycles. The fraction of sp³-hybridized carbons (Fsp3) is 0.364. The smallest absolute Gasteiger partial charge is 0.410 e. The summed E-state index contributed by atoms with van der Waals surface area (Å²) < 4.78 is 19.6. The molecular weight excluding hydrogens is 359 g/mol. The highest BCUT2D eigenvalue weighted by Crippen LogP contribution is 2.33. The third-order valence-corrected chi connectivity index (χ3v) is 4.66. The van der Waals surface area contributed by atoms with Crippen LogP contribution in [-0.2, 0) is 4.79 Å². The highest BCUT2D eigenvalue weighted by Gasteiger charge is 2.17. The van der Waals surface area contributed by atoms with Crippen molar-refractivity contribution in [3.63, 3.8) is 0 Å². The van der Waals surface area contributed by atoms with Crippen molar-refractivity contribution in [1.82, 2.24) is 9.80 Å². The Morgan fingerprint density at radius 1 is 1.18 bits per heavy atom. The van der Waals surface area contributed by atoms with Crippen LogP contribution in [0.15, 0.2) is 24.3 Å². The molecule has 0 unspecified atom stereocenters. The van der Waals surface area contributed by atoms with E-state index in [4.69, 9.17) is 11.2 Å². The van der Waals surface area contributed by atoms with Gasteiger partial charge in [-0.05, 0) is 35.1 Å². The second kappa shape index (κ2) is 8.75. The van der Waals surface area contributed by atoms with Gasteiger partial charge in [0.1, 0.15) is 11.6 Å². The number of hydrogen-bond donors (Lipinski definition) is 0. The number of ether oxygens (including phenoxy) is 1. The summed E-state index contributed by atoms with van der Waals surface area (Å²) in [6.07, 6.45) is 4.98. The molecule has 0 atom stereocenters. The van der Waals surface area contributed by atoms with Crippen molar-refractivity contribution in [1.29, 1.82) is 0 Å². The predicted octanol–water partition coefficient (Wildman–Crippen LogP) is 3.99. The number of amides is 2. The van der Waals surface area contributed by atoms with Crippen LogP contribution in [0.5, 0.6) is 5.75 Å². The Kier molecular flexibility index (Phi) is 6.63. The molecule has 0 radical (unpaired) electrons. The van der Waals surface area contributed by atoms with E-state index in [9.17, 15) is 14.0 Å². The Balaban J connectivity index is 2.31. The van der Waals surface area contributed by atoms with Gasteiger partial charge in [0, 0.05) is 39.5 Å². The van der Waals surface area contributed by atoms with E-state index in [-0.39, 0.29) is 17.4 Å². The Morgan fingerprint density at radius 2 is 1.82 bits per heavy atom. The fourth-order valence-electron chi connectivity index (χ4n) is 2.83. The molecule has 2 rings (SSSR count). The second-order valence-corrected chi connectivity index (χ2v) is 7.06. The van der Waals surface area contributed by atoms with Crippen LogP contribution in [0.4, 0.5) is 9.18 Å². The molecule has 0 spiro atoms. The van der Waals surface area contributed by atoms with Crippen molar-refractivity contribution in [3.8, 4) is 18.1 Å². The molecule has 28 heavy (non-hydrogen) atoms. The third-order valence-electron chi connectivity index (χ3n) is 4.66. The molecule has 2 aromatic rings. The zero-order valence-corrected chi connectivity index (χ0v) is 16.9. The monoisotopic (exact) mass is 384 g/mol. The summed E-state index contributed by atoms with van der Waals surface area (Å²) in [7, 11) is 3.27. The van der Waals surface area contributed by atoms with Crippen LogP contribution in [0.25, 0.3) is 10.8 Å². The summed E-state index contributed by atoms with van der Waals surface area (Å²) in [6, 6.07) is 6.34. The van der Waals surface area contributed by atoms with Crippen molar-refractivity contribution in [2.75, 3.05) is 27.2 Å². The molecule has 0 aliphatic rings. The maximum absolute atomic E-state index is 14.1. The summed E-state index contributed by atoms with van der Waals surface area (Å²) in [5.41, 5.74) is 1.02. The minimum absolute atomic E-state index is 0.0528. The first-order valence-corrected chi connectivity index (χ1v) is 9.03. The number of carbonyl (C=O) groups excluding carboxylic acids is 2. The lowest BCUT2D eigenvalue weighted by atomic mass is 9.92. The first kappa shape index (κ1) is 21.2. The molecule has 5 nitrogen and oxygen atoms in total. The molecule has 0 heterocycles. The molecule has 0 fully saturated rings. The molecule has 6 heteroatoms. The van der Waals surface area contributed by atoms with E-state index < -0.39 is 11.9 Å². The minimum Gasteiger partial charge on any atom is -0.410 e. The van der Waals surface area contributed by atoms with Crippen LogP contribution in [0.2, 0.25) is 0 Å². The lowest BCUT2D eigenvalue weighted by Crippen LogP contribution is -2.37. The molecule has 0 N–H and O–H groups in total. The summed E-state index contributed by atoms with van der Waals surface area (Å²) >= 11 is 0. The second-order valence-electron chi connectivity index (χ2n) is 7.06. The number of likely N-dealkylation sites (N-methyl/N-ethyl adjacent to an activating group) is 2. The molecular formula is C22H25FN2O3. The highest BCUT2D eigenvalue weighted by molar-refractivity contribution is 5.93. The van der Waals surface area contributed by atoms with Gasteiger partial charge in [0.15, 0.2) is 0 Å². The number of rotatable bonds is 5. The van der Waals surface area contributed by atoms with E-state index in [1.54, 1.807) is 32.3 Å². The van der Waals surface area contributed by atoms with Crippen LogP contribution in [0, 0.1) is 18.2 Å². The SMILES string of the molecule is C#Cc1c(F)ccc2cc(OC(=O)N(C)CCN(C)C(C)=O)cc(C(C)C)c12. The maximum atomic E-state index is 14.1. The van der Waals surface area contributed by atoms with E-state index in [0.29, 0.717) is 29.6 Å². The highest BCUT2D eigenvalue weighted by atomic mass is 19.1. The van der Waals surface area contributed by atoms with Crippen molar-refractivity contribution in [3.05, 3.63) is 41.2 Å². The van der Waals surface area contributed by atoms with Gasteiger partial charge in [0.25, 0.3) is 0 Å². The van der Waals surface area contributed by atoms with E-state index in [1.807, 2.05) is 13.8 Å². The Hall–Kier alpha value is -3.07. The standard InChI is InChI=1S/C22H25FN2O3/c1-7-18-20(23)9-8-16-12-17(13-19(14(2)3)21(16)18)28-22(27)25(6)11-10-24(5)15(4)26/h1,8-9,12-14H,10-11H2,2-6H3. The Morgan fingerprint density at radius 3 is 2.39 bits per heavy atom. The average Bonchev–Trinajstić information content (AvgIpc) is 2.64. The van der Waals surface area contributed by atoms with Crippen molar-refractivity contribution in [2.45, 2.75) is 26.7 Å². The van der Waals surface area contributed by atoms with Gasteiger partial charge in [-0.25, -0.2) is 9.18 Å². The normalized spacial score (nSPS) is 10.6. The number of carbonyl (C=O) groups is 2. The van der Waals surface area contributed by atoms with Crippen molar-refractivity contribution < 1.29 is 18.7 Å². The van der Waals surface area contributed by atoms with Gasteiger partial charge in [-0.2, -0.15) is 0 Å². The number of nitrogens with zero attached hydrogens (tertiary/aromatic N) is 2. The van der Waals surface area contributed by atoms with E-state index in [2.05, 4.69) is 5.92 Å². The van der Waals surface area contributed by atoms with Crippen LogP contribution >= 0.6 is 0 Å². The van der Waals surface area contributed by atoms with Crippen molar-refractivity contribution in [2.24, 2.45) is 0 Å². The van der Waals surface area contributed by atoms with Crippen LogP contribution in [-0.4, -0.2) is 49.0 Å². The predicted molar refractivity (Wildman–Crippen MR) is 108 cm³/mol. The fourth-order valence-corrected chi connectivity index (χ4v) is 2.83. The summed E-state index contributed by atoms with van der Waals surface area (Å²) in [5.74, 6) is 2.32. The average molecular weight is 384 g/mol. The van der Waals surface area contributed by atoms with Gasteiger partial charge in [-0.1, -0.05) is 25.8 Å². The van der Waals surface area contributed by atoms with Crippen LogP contribution in [0.3, 0.4) is 0 Å². The Labute approximate surface area is 165 Å². The lowest BCUT2D eigenvalue weighted by Gasteiger charge is -2.21. The van der Waals surface area contributed by atoms with Gasteiger partial charge in [-0.15, -0.1) is 6.42 Å². The van der Waals surface area contributed by atoms with E-state index >= 15 is 0 Å². The quantitative estimate of drug-likeness (QED) is 0.733. The van der Waals surface area contributed by atoms with Crippen LogP contribution < -0.4 is 4.74 Å². The summed E-state index contributed by atoms with van der Waals surface area (Å²) in [4.78, 5) is 26.6. The third kappa shape index (κ3) is 4.61. The molecule has 0 bridgehead atoms. The van der Waals surface area contributed by atoms with Gasteiger partial charge < -0.3 is 14.5 Å². The number of halogens is 1. The largest absolute Gasteiger partial charge is 0.415 e. The first-order chi connectivity index (χ1) is 13.1. The van der Waals surface area contributed by atoms with Gasteiger partial charge in [0.05, 0.1) is 5.56 Å². The molecule has 2 amide bonds. The van der Waals surface area contributed by atoms with E-state index in [1.165, 1.54) is 22.8 Å². The number of terminal acetylenes is 1. The van der Waals surface area contributed by atoms with Gasteiger partial charge in [0.2, 0.25) is 5.91 Å². The van der Waals surface area contributed by atoms with Crippen LogP contribution in [0.1, 0.15) is 37.8 Å². The van der Waals surface area contributed by atoms with E-state index in [0.717, 1.165) is 5.56 Å². The van der Waals surface area contributed by atoms with Gasteiger partial charge in [-0.3, -0.25) is 4.79 Å². The summed E-state index contributed by atoms with van der Waals surface area (Å²) in [5, 5.41) is 1.37. The molecule has 0 aliphatic carbocycles. The van der Waals surface area contributed by atoms with Crippen molar-refractivity contribution >= 4 is 22.8 Å². The lowest BCUT2D eigenvalue weighted by molar-refractivity contribution is -0.127. The molecule has 0 saturated heterocycles. The number of fused-ring (bicyclic) bond motifs is 1. The Bertz CT molecular complexity index is 947. The minimum atomic E-state index is -0.537. The molecule has 0 saturated carbocycles. The molecule has 0 aromatic heterocycles.